The largest absolute Gasteiger partial charge is 0.508 e. The van der Waals surface area contributed by atoms with Crippen LogP contribution < -0.4 is 73.9 Å². The van der Waals surface area contributed by atoms with Gasteiger partial charge in [-0.2, -0.15) is 0 Å². The number of aliphatic hydroxyl groups is 6. The highest BCUT2D eigenvalue weighted by Crippen LogP contribution is 2.55. The van der Waals surface area contributed by atoms with Crippen LogP contribution in [0.15, 0.2) is 78.9 Å². The second kappa shape index (κ2) is 35.1. The molecule has 121 heavy (non-hydrogen) atoms. The fourth-order valence-electron chi connectivity index (χ4n) is 18.7. The molecule has 7 fully saturated rings. The first-order valence-corrected chi connectivity index (χ1v) is 41.1. The molecule has 4 aliphatic carbocycles. The monoisotopic (exact) mass is 1720 g/mol. The Morgan fingerprint density at radius 2 is 1.20 bits per heavy atom. The number of likely N-dealkylation sites (N-methyl/N-ethyl adjacent to an activating group) is 1. The van der Waals surface area contributed by atoms with Crippen molar-refractivity contribution in [3.63, 3.8) is 0 Å². The van der Waals surface area contributed by atoms with Crippen molar-refractivity contribution in [1.82, 2.24) is 42.5 Å². The first kappa shape index (κ1) is 88.0. The molecule has 0 aromatic heterocycles. The average molecular weight is 1730 g/mol. The van der Waals surface area contributed by atoms with E-state index in [1.54, 1.807) is 0 Å². The number of hydrogen-bond donors (Lipinski definition) is 20. The molecule has 0 spiro atoms. The number of aliphatic hydroxyl groups excluding tert-OH is 6. The Labute approximate surface area is 704 Å². The average Bonchev–Trinajstić information content (AvgIpc) is 0.840. The number of carbonyl (C=O) groups is 8. The first-order chi connectivity index (χ1) is 57.2. The van der Waals surface area contributed by atoms with Crippen molar-refractivity contribution >= 4 is 70.5 Å². The summed E-state index contributed by atoms with van der Waals surface area (Å²) in [4.78, 5) is 124. The quantitative estimate of drug-likeness (QED) is 0.0673. The molecule has 36 nitrogen and oxygen atoms in total. The van der Waals surface area contributed by atoms with Gasteiger partial charge < -0.3 is 144 Å². The molecule has 5 aromatic carbocycles. The number of benzene rings is 5. The van der Waals surface area contributed by atoms with Crippen LogP contribution in [0.3, 0.4) is 0 Å². The molecule has 13 unspecified atom stereocenters. The minimum absolute atomic E-state index is 0.0427. The van der Waals surface area contributed by atoms with Gasteiger partial charge in [0.2, 0.25) is 59.3 Å². The van der Waals surface area contributed by atoms with Crippen LogP contribution in [0.4, 0.5) is 0 Å². The normalized spacial score (nSPS) is 34.9. The number of amides is 8. The number of nitrogens with two attached hydrogens (primary N) is 3. The summed E-state index contributed by atoms with van der Waals surface area (Å²) in [5.74, 6) is -13.2. The lowest BCUT2D eigenvalue weighted by molar-refractivity contribution is -0.333. The van der Waals surface area contributed by atoms with E-state index in [9.17, 15) is 55.5 Å². The summed E-state index contributed by atoms with van der Waals surface area (Å²) in [5, 5.41) is 127. The lowest BCUT2D eigenvalue weighted by Crippen LogP contribution is -2.64. The number of phenols is 3. The highest BCUT2D eigenvalue weighted by molar-refractivity contribution is 6.32. The van der Waals surface area contributed by atoms with E-state index < -0.39 is 240 Å². The number of nitrogens with one attached hydrogen (secondary N) is 8. The highest BCUT2D eigenvalue weighted by atomic mass is 35.5. The molecular formula is C83H103Cl2N11O25. The third-order valence-corrected chi connectivity index (χ3v) is 25.3. The molecule has 8 aliphatic heterocycles. The van der Waals surface area contributed by atoms with Gasteiger partial charge in [0.05, 0.1) is 53.5 Å². The van der Waals surface area contributed by atoms with E-state index in [-0.39, 0.29) is 91.9 Å². The minimum Gasteiger partial charge on any atom is -0.508 e. The molecule has 38 heteroatoms. The van der Waals surface area contributed by atoms with Gasteiger partial charge in [0.25, 0.3) is 0 Å². The van der Waals surface area contributed by atoms with Crippen molar-refractivity contribution in [2.45, 2.75) is 239 Å². The SMILES string of the molecule is CN[C@H](CC(C)C)C(=O)N[C@H]1C(=O)N[C@@H](CC(N)=O)C(=O)N[C@H]2C(=O)N[C@H]3C(=O)N[C@H](C(=O)N[C@H](C(=O)NC4C5CC6CC(C5)CC4C6)c4cc(O)cc(O)c4-c4cc3ccc4O)[C@H](OC3CC(C)(N)C(O)C(C)O3)c3ccc(c(Cl)c3)Oc3cc2cc(c3OC2OC(CO)C(O)C(O)C2OC2CC(C)(N)C(O)C(C)O2)Oc2ccc(cc2Cl)[C@H]1O. The number of carbonyl (C=O) groups excluding carboxylic acids is 8. The van der Waals surface area contributed by atoms with Crippen molar-refractivity contribution in [2.75, 3.05) is 13.7 Å². The number of ether oxygens (including phenoxy) is 8. The Morgan fingerprint density at radius 1 is 0.628 bits per heavy atom. The molecule has 17 rings (SSSR count). The van der Waals surface area contributed by atoms with Crippen LogP contribution >= 0.6 is 23.2 Å². The summed E-state index contributed by atoms with van der Waals surface area (Å²) in [6, 6.07) is 0.765. The summed E-state index contributed by atoms with van der Waals surface area (Å²) in [6.45, 7) is 8.75. The maximum absolute atomic E-state index is 16.7. The molecular weight excluding hydrogens is 1620 g/mol. The lowest BCUT2D eigenvalue weighted by Gasteiger charge is -2.54. The van der Waals surface area contributed by atoms with Gasteiger partial charge in [0, 0.05) is 47.2 Å². The van der Waals surface area contributed by atoms with Crippen LogP contribution in [0, 0.1) is 29.6 Å². The molecule has 23 N–H and O–H groups in total. The molecule has 3 saturated heterocycles. The van der Waals surface area contributed by atoms with Crippen LogP contribution in [-0.4, -0.2) is 216 Å². The Hall–Kier alpha value is -9.32. The predicted molar refractivity (Wildman–Crippen MR) is 427 cm³/mol. The Bertz CT molecular complexity index is 4800. The fourth-order valence-corrected chi connectivity index (χ4v) is 19.1. The maximum Gasteiger partial charge on any atom is 0.248 e. The van der Waals surface area contributed by atoms with E-state index in [4.69, 9.17) is 78.3 Å². The van der Waals surface area contributed by atoms with Gasteiger partial charge in [-0.1, -0.05) is 55.2 Å². The molecule has 15 bridgehead atoms. The highest BCUT2D eigenvalue weighted by Gasteiger charge is 2.54. The first-order valence-electron chi connectivity index (χ1n) is 40.4. The predicted octanol–water partition coefficient (Wildman–Crippen LogP) is 2.20. The van der Waals surface area contributed by atoms with E-state index in [2.05, 4.69) is 42.5 Å². The topological polar surface area (TPSA) is 567 Å². The fraction of sp³-hybridized carbons (Fsp3) is 0.542. The minimum atomic E-state index is -2.36. The van der Waals surface area contributed by atoms with Gasteiger partial charge in [0.1, 0.15) is 95.5 Å². The van der Waals surface area contributed by atoms with Crippen molar-refractivity contribution in [3.05, 3.63) is 117 Å². The van der Waals surface area contributed by atoms with Gasteiger partial charge in [-0.25, -0.2) is 0 Å². The third kappa shape index (κ3) is 18.2. The number of hydrogen-bond acceptors (Lipinski definition) is 28. The van der Waals surface area contributed by atoms with Crippen molar-refractivity contribution in [1.29, 1.82) is 0 Å². The van der Waals surface area contributed by atoms with Crippen LogP contribution in [-0.2, 0) is 62.0 Å². The van der Waals surface area contributed by atoms with Crippen LogP contribution in [0.5, 0.6) is 46.0 Å². The van der Waals surface area contributed by atoms with Gasteiger partial charge in [0.15, 0.2) is 30.2 Å². The summed E-state index contributed by atoms with van der Waals surface area (Å²) < 4.78 is 52.5. The van der Waals surface area contributed by atoms with Crippen molar-refractivity contribution in [2.24, 2.45) is 46.8 Å². The molecule has 5 aromatic rings. The standard InChI is InChI=1S/C83H103Cl2N11O25/c1-31(2)14-47(89-7)74(107)95-64-66(102)37-9-12-51(45(84)21-37)116-53-23-41-24-54(70(53)121-81-71(68(104)67(103)55(30-97)118-81)120-58-29-83(6,88)73(106)33(4)115-58)117-52-13-10-38(22-46(52)85)69(119-57-28-82(5,87)72(105)32(3)114-57)65-80(113)94-63(78(111)91-60-39-16-34-15-35(18-39)19-40(60)17-34)44-25-42(98)26-50(100)59(44)43-20-36(8-11-49(43)99)61(76(109)96-65)93-77(110)62(41)92-75(108)48(27-56(86)101)90-79(64)112/h8-13,20-26,31-35,39-40,47-48,55,57-58,60-69,71-73,81,89,97-100,102-106H,14-19,27-30,87-88H2,1-7H3,(H2,86,101)(H,90,112)(H,91,111)(H,92,108)(H,93,110)(H,94,113)(H,95,107)(H,96,109)/t32?,33?,34?,35?,39?,40?,47-,48+,55?,57?,58?,60?,61-,62-,63+,64-,65+,66-,67?,68?,69-,71?,72?,73?,81?,82?,83?/m1/s1. The van der Waals surface area contributed by atoms with Gasteiger partial charge in [-0.05, 0) is 185 Å². The number of aromatic hydroxyl groups is 3. The zero-order valence-corrected chi connectivity index (χ0v) is 68.6. The van der Waals surface area contributed by atoms with Gasteiger partial charge in [-0.3, -0.25) is 38.4 Å². The molecule has 4 saturated carbocycles. The number of phenolic OH excluding ortho intramolecular Hbond substituents is 3. The molecule has 654 valence electrons. The van der Waals surface area contributed by atoms with Crippen LogP contribution in [0.2, 0.25) is 10.0 Å². The summed E-state index contributed by atoms with van der Waals surface area (Å²) >= 11 is 14.7. The van der Waals surface area contributed by atoms with E-state index in [1.807, 2.05) is 13.8 Å². The molecule has 22 atom stereocenters. The Balaban J connectivity index is 0.999. The Morgan fingerprint density at radius 3 is 1.78 bits per heavy atom. The number of halogens is 2. The van der Waals surface area contributed by atoms with E-state index in [1.165, 1.54) is 71.1 Å². The molecule has 12 aliphatic rings. The second-order valence-corrected chi connectivity index (χ2v) is 35.2. The summed E-state index contributed by atoms with van der Waals surface area (Å²) in [6.07, 6.45) is -18.2. The van der Waals surface area contributed by atoms with E-state index in [0.717, 1.165) is 74.6 Å². The molecule has 8 amide bonds. The third-order valence-electron chi connectivity index (χ3n) is 24.7. The van der Waals surface area contributed by atoms with Crippen LogP contribution in [0.25, 0.3) is 11.1 Å². The van der Waals surface area contributed by atoms with E-state index in [0.29, 0.717) is 11.8 Å². The molecule has 0 radical (unpaired) electrons. The molecule has 8 heterocycles. The van der Waals surface area contributed by atoms with Crippen molar-refractivity contribution < 1.29 is 122 Å². The number of fused-ring (bicyclic) bond motifs is 15. The second-order valence-electron chi connectivity index (χ2n) is 34.4. The van der Waals surface area contributed by atoms with Crippen LogP contribution in [0.1, 0.15) is 157 Å². The Kier molecular flexibility index (Phi) is 25.6. The zero-order valence-electron chi connectivity index (χ0n) is 67.1. The smallest absolute Gasteiger partial charge is 0.248 e. The summed E-state index contributed by atoms with van der Waals surface area (Å²) in [7, 11) is 1.49. The summed E-state index contributed by atoms with van der Waals surface area (Å²) in [5.41, 5.74) is 14.4. The number of primary amides is 1. The lowest BCUT2D eigenvalue weighted by atomic mass is 9.54. The maximum atomic E-state index is 16.7. The zero-order chi connectivity index (χ0) is 87.0. The number of rotatable bonds is 16. The van der Waals surface area contributed by atoms with Gasteiger partial charge in [-0.15, -0.1) is 0 Å². The van der Waals surface area contributed by atoms with Gasteiger partial charge >= 0.3 is 0 Å². The van der Waals surface area contributed by atoms with Crippen molar-refractivity contribution in [3.8, 4) is 57.1 Å². The van der Waals surface area contributed by atoms with E-state index >= 15 is 28.8 Å².